The highest BCUT2D eigenvalue weighted by Crippen LogP contribution is 2.45. The number of pyridine rings is 1. The molecule has 63 heavy (non-hydrogen) atoms. The molecule has 1 saturated heterocycles. The monoisotopic (exact) mass is 932 g/mol. The molecule has 5 atom stereocenters. The number of halogens is 1. The highest BCUT2D eigenvalue weighted by atomic mass is 35.5. The van der Waals surface area contributed by atoms with Crippen LogP contribution in [0.3, 0.4) is 0 Å². The fourth-order valence-electron chi connectivity index (χ4n) is 7.71. The summed E-state index contributed by atoms with van der Waals surface area (Å²) in [6.45, 7) is 12.9. The van der Waals surface area contributed by atoms with Gasteiger partial charge in [0, 0.05) is 35.2 Å². The number of carbonyl (C=O) groups is 5. The minimum absolute atomic E-state index is 0.0131. The van der Waals surface area contributed by atoms with Crippen molar-refractivity contribution in [2.75, 3.05) is 26.1 Å². The number of amides is 6. The molecule has 0 bridgehead atoms. The number of methoxy groups -OCH3 is 1. The number of benzene rings is 1. The number of ether oxygens (including phenoxy) is 3. The van der Waals surface area contributed by atoms with E-state index in [4.69, 9.17) is 35.8 Å². The lowest BCUT2D eigenvalue weighted by Gasteiger charge is -2.35. The summed E-state index contributed by atoms with van der Waals surface area (Å²) in [6, 6.07) is 1.35. The van der Waals surface area contributed by atoms with Crippen molar-refractivity contribution in [1.29, 1.82) is 0 Å². The van der Waals surface area contributed by atoms with Crippen molar-refractivity contribution in [3.63, 3.8) is 0 Å². The third-order valence-electron chi connectivity index (χ3n) is 11.1. The van der Waals surface area contributed by atoms with Gasteiger partial charge in [0.2, 0.25) is 11.8 Å². The average Bonchev–Trinajstić information content (AvgIpc) is 3.62. The number of carbonyl (C=O) groups excluding carboxylic acids is 5. The van der Waals surface area contributed by atoms with Crippen LogP contribution in [0.1, 0.15) is 73.1 Å². The highest BCUT2D eigenvalue weighted by Gasteiger charge is 2.61. The van der Waals surface area contributed by atoms with Gasteiger partial charge in [0.25, 0.3) is 5.91 Å². The molecule has 3 heterocycles. The summed E-state index contributed by atoms with van der Waals surface area (Å²) >= 11 is 8.22. The van der Waals surface area contributed by atoms with E-state index in [1.807, 2.05) is 24.5 Å². The second-order valence-electron chi connectivity index (χ2n) is 17.1. The Labute approximate surface area is 374 Å². The van der Waals surface area contributed by atoms with E-state index < -0.39 is 75.2 Å². The molecule has 0 radical (unpaired) electrons. The van der Waals surface area contributed by atoms with Gasteiger partial charge < -0.3 is 35.1 Å². The number of thiazole rings is 1. The van der Waals surface area contributed by atoms with E-state index >= 15 is 0 Å². The minimum atomic E-state index is -4.51. The Bertz CT molecular complexity index is 2380. The van der Waals surface area contributed by atoms with Crippen LogP contribution in [0.15, 0.2) is 36.2 Å². The van der Waals surface area contributed by atoms with Crippen LogP contribution in [0.5, 0.6) is 11.5 Å². The molecule has 1 aliphatic heterocycles. The molecule has 3 aromatic rings. The summed E-state index contributed by atoms with van der Waals surface area (Å²) in [5.41, 5.74) is -1.28. The third kappa shape index (κ3) is 10.8. The standard InChI is InChI=1S/C41H53ClN8O11S2/c1-9-22-18-41(22,36(53)47-37(54)49-63(56,57)59-8)48-34(51)28-16-24(19-50(28)35(52)33(40(4,5)6)46-39(55)61-23-12-10-11-13-23)60-30-17-26(27-20-62-38(45-27)43-21(2)3)44-32-25(30)14-15-29(58-7)31(32)42/h9,14-15,17,20-24,28,33H,1,10-13,16,18-19H2,2-8H3,(H,43,45)(H,46,55)(H,48,51)(H2,47,49,53,54)/t22-,24?,28+,33-,41-/m1/s1. The van der Waals surface area contributed by atoms with Gasteiger partial charge in [-0.3, -0.25) is 23.9 Å². The van der Waals surface area contributed by atoms with Crippen molar-refractivity contribution >= 4 is 79.1 Å². The first-order valence-corrected chi connectivity index (χ1v) is 23.1. The van der Waals surface area contributed by atoms with Gasteiger partial charge in [-0.1, -0.05) is 38.4 Å². The van der Waals surface area contributed by atoms with Gasteiger partial charge in [-0.2, -0.15) is 8.42 Å². The zero-order valence-corrected chi connectivity index (χ0v) is 38.4. The lowest BCUT2D eigenvalue weighted by molar-refractivity contribution is -0.143. The number of rotatable bonds is 15. The largest absolute Gasteiger partial charge is 0.495 e. The Morgan fingerprint density at radius 3 is 2.38 bits per heavy atom. The number of aromatic nitrogens is 2. The molecule has 1 unspecified atom stereocenters. The van der Waals surface area contributed by atoms with Crippen LogP contribution in [0.4, 0.5) is 14.7 Å². The molecular formula is C41H53ClN8O11S2. The zero-order chi connectivity index (χ0) is 46.0. The molecule has 342 valence electrons. The van der Waals surface area contributed by atoms with Crippen molar-refractivity contribution in [2.45, 2.75) is 109 Å². The summed E-state index contributed by atoms with van der Waals surface area (Å²) in [5, 5.41) is 13.9. The predicted octanol–water partition coefficient (Wildman–Crippen LogP) is 5.05. The SMILES string of the molecule is C=C[C@@H]1C[C@]1(NC(=O)[C@@H]1CC(Oc2cc(-c3csc(NC(C)C)n3)nc3c(Cl)c(OC)ccc23)CN1C(=O)[C@@H](NC(=O)OC1CCCC1)C(C)(C)C)C(=O)NC(=O)NS(=O)(=O)OC. The Balaban J connectivity index is 1.35. The number of anilines is 1. The summed E-state index contributed by atoms with van der Waals surface area (Å²) in [6.07, 6.45) is 2.69. The normalized spacial score (nSPS) is 21.7. The van der Waals surface area contributed by atoms with Gasteiger partial charge in [-0.25, -0.2) is 24.3 Å². The van der Waals surface area contributed by atoms with Gasteiger partial charge in [0.15, 0.2) is 5.13 Å². The molecule has 3 aliphatic rings. The smallest absolute Gasteiger partial charge is 0.408 e. The van der Waals surface area contributed by atoms with E-state index in [9.17, 15) is 32.4 Å². The molecule has 0 spiro atoms. The first-order chi connectivity index (χ1) is 29.7. The van der Waals surface area contributed by atoms with Crippen molar-refractivity contribution in [1.82, 2.24) is 35.5 Å². The number of hydrogen-bond donors (Lipinski definition) is 5. The fraction of sp³-hybridized carbons (Fsp3) is 0.537. The molecule has 2 saturated carbocycles. The Morgan fingerprint density at radius 1 is 1.05 bits per heavy atom. The van der Waals surface area contributed by atoms with Crippen LogP contribution in [0.25, 0.3) is 22.3 Å². The second-order valence-corrected chi connectivity index (χ2v) is 19.8. The third-order valence-corrected chi connectivity index (χ3v) is 13.1. The minimum Gasteiger partial charge on any atom is -0.495 e. The number of alkyl carbamates (subject to hydrolysis) is 1. The molecule has 19 nitrogen and oxygen atoms in total. The summed E-state index contributed by atoms with van der Waals surface area (Å²) in [4.78, 5) is 79.5. The Morgan fingerprint density at radius 2 is 1.76 bits per heavy atom. The zero-order valence-electron chi connectivity index (χ0n) is 36.0. The maximum Gasteiger partial charge on any atom is 0.408 e. The van der Waals surface area contributed by atoms with E-state index in [0.29, 0.717) is 51.8 Å². The predicted molar refractivity (Wildman–Crippen MR) is 235 cm³/mol. The van der Waals surface area contributed by atoms with E-state index in [1.165, 1.54) is 34.1 Å². The van der Waals surface area contributed by atoms with Crippen molar-refractivity contribution in [2.24, 2.45) is 11.3 Å². The molecule has 3 fully saturated rings. The van der Waals surface area contributed by atoms with E-state index in [0.717, 1.165) is 20.0 Å². The first-order valence-electron chi connectivity index (χ1n) is 20.4. The quantitative estimate of drug-likeness (QED) is 0.125. The van der Waals surface area contributed by atoms with Gasteiger partial charge in [0.1, 0.15) is 52.0 Å². The molecule has 22 heteroatoms. The first kappa shape index (κ1) is 47.2. The van der Waals surface area contributed by atoms with Gasteiger partial charge in [-0.05, 0) is 63.5 Å². The molecule has 5 N–H and O–H groups in total. The van der Waals surface area contributed by atoms with Crippen LogP contribution < -0.4 is 35.5 Å². The van der Waals surface area contributed by atoms with Crippen molar-refractivity contribution in [3.05, 3.63) is 41.3 Å². The number of imide groups is 1. The number of fused-ring (bicyclic) bond motifs is 1. The van der Waals surface area contributed by atoms with E-state index in [-0.39, 0.29) is 36.6 Å². The highest BCUT2D eigenvalue weighted by molar-refractivity contribution is 7.85. The summed E-state index contributed by atoms with van der Waals surface area (Å²) in [7, 11) is -2.21. The Hall–Kier alpha value is -5.25. The average molecular weight is 934 g/mol. The van der Waals surface area contributed by atoms with Gasteiger partial charge in [0.05, 0.1) is 32.0 Å². The van der Waals surface area contributed by atoms with Crippen LogP contribution in [0.2, 0.25) is 5.02 Å². The van der Waals surface area contributed by atoms with Gasteiger partial charge >= 0.3 is 22.4 Å². The molecule has 1 aromatic carbocycles. The molecule has 6 amide bonds. The molecule has 2 aliphatic carbocycles. The van der Waals surface area contributed by atoms with Crippen molar-refractivity contribution in [3.8, 4) is 22.9 Å². The second kappa shape index (κ2) is 18.8. The van der Waals surface area contributed by atoms with Gasteiger partial charge in [-0.15, -0.1) is 17.9 Å². The lowest BCUT2D eigenvalue weighted by atomic mass is 9.85. The topological polar surface area (TPSA) is 246 Å². The lowest BCUT2D eigenvalue weighted by Crippen LogP contribution is -2.60. The fourth-order valence-corrected chi connectivity index (χ4v) is 9.21. The van der Waals surface area contributed by atoms with E-state index in [2.05, 4.69) is 26.7 Å². The summed E-state index contributed by atoms with van der Waals surface area (Å²) < 4.78 is 47.3. The number of likely N-dealkylation sites (tertiary alicyclic amines) is 1. The molecular weight excluding hydrogens is 880 g/mol. The molecule has 2 aromatic heterocycles. The van der Waals surface area contributed by atoms with Crippen LogP contribution in [-0.2, 0) is 33.6 Å². The van der Waals surface area contributed by atoms with Crippen molar-refractivity contribution < 1.29 is 50.8 Å². The maximum absolute atomic E-state index is 14.8. The van der Waals surface area contributed by atoms with Crippen LogP contribution in [-0.4, -0.2) is 110 Å². The number of nitrogens with one attached hydrogen (secondary N) is 5. The number of urea groups is 1. The number of nitrogens with zero attached hydrogens (tertiary/aromatic N) is 3. The molecule has 6 rings (SSSR count). The number of hydrogen-bond acceptors (Lipinski definition) is 15. The maximum atomic E-state index is 14.8. The van der Waals surface area contributed by atoms with E-state index in [1.54, 1.807) is 39.0 Å². The Kier molecular flexibility index (Phi) is 14.1. The summed E-state index contributed by atoms with van der Waals surface area (Å²) in [5.74, 6) is -2.39. The van der Waals surface area contributed by atoms with Crippen LogP contribution >= 0.6 is 22.9 Å². The van der Waals surface area contributed by atoms with Crippen LogP contribution in [0, 0.1) is 11.3 Å².